The highest BCUT2D eigenvalue weighted by Gasteiger charge is 2.65. The molecule has 1 aromatic rings. The van der Waals surface area contributed by atoms with Crippen LogP contribution in [-0.2, 0) is 20.7 Å². The summed E-state index contributed by atoms with van der Waals surface area (Å²) in [5, 5.41) is 10.5. The summed E-state index contributed by atoms with van der Waals surface area (Å²) in [5.41, 5.74) is 1.26. The number of aliphatic hydroxyl groups is 1. The maximum atomic E-state index is 12.5. The average molecular weight is 316 g/mol. The summed E-state index contributed by atoms with van der Waals surface area (Å²) in [7, 11) is 0. The van der Waals surface area contributed by atoms with Crippen LogP contribution in [0.4, 0.5) is 0 Å². The van der Waals surface area contributed by atoms with Crippen molar-refractivity contribution < 1.29 is 19.4 Å². The Morgan fingerprint density at radius 2 is 1.96 bits per heavy atom. The molecule has 0 radical (unpaired) electrons. The standard InChI is InChI=1S/C19H24O4/c20-17(8-4-7-13-5-2-1-3-6-13)14-11-16-15(18(14)21)12-19(16)22-9-10-23-19/h1-3,5-6,14-16,18,21H,4,7-12H2/t14-,15+,16-,18?/m0/s1. The van der Waals surface area contributed by atoms with Gasteiger partial charge >= 0.3 is 0 Å². The van der Waals surface area contributed by atoms with E-state index >= 15 is 0 Å². The lowest BCUT2D eigenvalue weighted by Gasteiger charge is -2.48. The monoisotopic (exact) mass is 316 g/mol. The molecule has 2 aliphatic carbocycles. The van der Waals surface area contributed by atoms with Crippen LogP contribution in [0.5, 0.6) is 0 Å². The molecule has 3 aliphatic rings. The highest BCUT2D eigenvalue weighted by Crippen LogP contribution is 2.59. The van der Waals surface area contributed by atoms with Gasteiger partial charge < -0.3 is 14.6 Å². The molecule has 23 heavy (non-hydrogen) atoms. The molecular weight excluding hydrogens is 292 g/mol. The van der Waals surface area contributed by atoms with Gasteiger partial charge in [-0.05, 0) is 30.7 Å². The molecule has 124 valence electrons. The van der Waals surface area contributed by atoms with Crippen molar-refractivity contribution in [3.05, 3.63) is 35.9 Å². The number of fused-ring (bicyclic) bond motifs is 2. The molecule has 2 saturated carbocycles. The third-order valence-electron chi connectivity index (χ3n) is 5.88. The minimum absolute atomic E-state index is 0.177. The number of aliphatic hydroxyl groups excluding tert-OH is 1. The van der Waals surface area contributed by atoms with Gasteiger partial charge in [0, 0.05) is 24.7 Å². The lowest BCUT2D eigenvalue weighted by atomic mass is 9.69. The molecule has 1 unspecified atom stereocenters. The SMILES string of the molecule is O=C(CCCc1ccccc1)[C@@H]1C[C@H]2[C@@H](CC23OCCO3)C1O. The average Bonchev–Trinajstić information content (AvgIpc) is 3.14. The van der Waals surface area contributed by atoms with Crippen molar-refractivity contribution in [2.24, 2.45) is 17.8 Å². The molecular formula is C19H24O4. The molecule has 1 aliphatic heterocycles. The second-order valence-corrected chi connectivity index (χ2v) is 7.12. The van der Waals surface area contributed by atoms with Gasteiger partial charge in [-0.2, -0.15) is 0 Å². The van der Waals surface area contributed by atoms with Crippen LogP contribution in [0.1, 0.15) is 31.2 Å². The van der Waals surface area contributed by atoms with Crippen LogP contribution in [-0.4, -0.2) is 36.0 Å². The van der Waals surface area contributed by atoms with Gasteiger partial charge in [0.15, 0.2) is 5.79 Å². The van der Waals surface area contributed by atoms with Crippen molar-refractivity contribution in [3.8, 4) is 0 Å². The van der Waals surface area contributed by atoms with Gasteiger partial charge in [-0.15, -0.1) is 0 Å². The molecule has 4 atom stereocenters. The van der Waals surface area contributed by atoms with E-state index in [1.165, 1.54) is 5.56 Å². The molecule has 3 fully saturated rings. The first-order valence-corrected chi connectivity index (χ1v) is 8.72. The highest BCUT2D eigenvalue weighted by molar-refractivity contribution is 5.82. The minimum atomic E-state index is -0.511. The molecule has 0 aromatic heterocycles. The van der Waals surface area contributed by atoms with Crippen LogP contribution in [0.15, 0.2) is 30.3 Å². The highest BCUT2D eigenvalue weighted by atomic mass is 16.7. The number of ether oxygens (including phenoxy) is 2. The summed E-state index contributed by atoms with van der Waals surface area (Å²) in [6, 6.07) is 10.2. The zero-order valence-electron chi connectivity index (χ0n) is 13.3. The summed E-state index contributed by atoms with van der Waals surface area (Å²) in [6.07, 6.45) is 3.26. The Balaban J connectivity index is 1.31. The second kappa shape index (κ2) is 6.00. The normalized spacial score (nSPS) is 34.3. The minimum Gasteiger partial charge on any atom is -0.392 e. The molecule has 4 nitrogen and oxygen atoms in total. The third-order valence-corrected chi connectivity index (χ3v) is 5.88. The first kappa shape index (κ1) is 15.3. The van der Waals surface area contributed by atoms with Gasteiger partial charge in [-0.25, -0.2) is 0 Å². The van der Waals surface area contributed by atoms with Crippen LogP contribution in [0.2, 0.25) is 0 Å². The molecule has 4 heteroatoms. The van der Waals surface area contributed by atoms with Gasteiger partial charge in [0.25, 0.3) is 0 Å². The van der Waals surface area contributed by atoms with Crippen LogP contribution in [0.25, 0.3) is 0 Å². The Morgan fingerprint density at radius 1 is 1.22 bits per heavy atom. The number of benzene rings is 1. The van der Waals surface area contributed by atoms with Crippen LogP contribution in [0.3, 0.4) is 0 Å². The predicted octanol–water partition coefficient (Wildman–Crippen LogP) is 2.34. The van der Waals surface area contributed by atoms with Crippen molar-refractivity contribution in [2.45, 2.75) is 44.0 Å². The van der Waals surface area contributed by atoms with Crippen molar-refractivity contribution >= 4 is 5.78 Å². The number of carbonyl (C=O) groups is 1. The fraction of sp³-hybridized carbons (Fsp3) is 0.632. The predicted molar refractivity (Wildman–Crippen MR) is 84.7 cm³/mol. The number of rotatable bonds is 5. The van der Waals surface area contributed by atoms with E-state index in [0.717, 1.165) is 25.7 Å². The number of carbonyl (C=O) groups excluding carboxylic acids is 1. The van der Waals surface area contributed by atoms with Gasteiger partial charge in [0.2, 0.25) is 0 Å². The van der Waals surface area contributed by atoms with E-state index < -0.39 is 11.9 Å². The number of ketones is 1. The van der Waals surface area contributed by atoms with Crippen LogP contribution >= 0.6 is 0 Å². The van der Waals surface area contributed by atoms with Gasteiger partial charge in [0.05, 0.1) is 19.3 Å². The fourth-order valence-electron chi connectivity index (χ4n) is 4.63. The maximum Gasteiger partial charge on any atom is 0.172 e. The largest absolute Gasteiger partial charge is 0.392 e. The van der Waals surface area contributed by atoms with E-state index in [4.69, 9.17) is 9.47 Å². The lowest BCUT2D eigenvalue weighted by Crippen LogP contribution is -2.54. The number of hydrogen-bond acceptors (Lipinski definition) is 4. The number of hydrogen-bond donors (Lipinski definition) is 1. The summed E-state index contributed by atoms with van der Waals surface area (Å²) in [4.78, 5) is 12.5. The zero-order valence-corrected chi connectivity index (χ0v) is 13.3. The lowest BCUT2D eigenvalue weighted by molar-refractivity contribution is -0.275. The van der Waals surface area contributed by atoms with Crippen LogP contribution in [0, 0.1) is 17.8 Å². The van der Waals surface area contributed by atoms with E-state index in [1.54, 1.807) is 0 Å². The van der Waals surface area contributed by atoms with E-state index in [-0.39, 0.29) is 23.5 Å². The fourth-order valence-corrected chi connectivity index (χ4v) is 4.63. The molecule has 1 saturated heterocycles. The Bertz CT molecular complexity index is 564. The van der Waals surface area contributed by atoms with Gasteiger partial charge in [-0.1, -0.05) is 30.3 Å². The van der Waals surface area contributed by atoms with E-state index in [9.17, 15) is 9.90 Å². The van der Waals surface area contributed by atoms with Crippen LogP contribution < -0.4 is 0 Å². The molecule has 1 heterocycles. The topological polar surface area (TPSA) is 55.8 Å². The summed E-state index contributed by atoms with van der Waals surface area (Å²) >= 11 is 0. The second-order valence-electron chi connectivity index (χ2n) is 7.12. The van der Waals surface area contributed by atoms with E-state index in [0.29, 0.717) is 19.6 Å². The van der Waals surface area contributed by atoms with Gasteiger partial charge in [-0.3, -0.25) is 4.79 Å². The van der Waals surface area contributed by atoms with Crippen molar-refractivity contribution in [1.29, 1.82) is 0 Å². The molecule has 1 spiro atoms. The smallest absolute Gasteiger partial charge is 0.172 e. The van der Waals surface area contributed by atoms with Crippen molar-refractivity contribution in [2.75, 3.05) is 13.2 Å². The summed E-state index contributed by atoms with van der Waals surface area (Å²) < 4.78 is 11.5. The number of Topliss-reactive ketones (excluding diaryl/α,β-unsaturated/α-hetero) is 1. The Morgan fingerprint density at radius 3 is 2.70 bits per heavy atom. The maximum absolute atomic E-state index is 12.5. The van der Waals surface area contributed by atoms with E-state index in [2.05, 4.69) is 12.1 Å². The first-order chi connectivity index (χ1) is 11.2. The Kier molecular flexibility index (Phi) is 4.00. The molecule has 0 amide bonds. The quantitative estimate of drug-likeness (QED) is 0.906. The van der Waals surface area contributed by atoms with Crippen molar-refractivity contribution in [1.82, 2.24) is 0 Å². The molecule has 0 bridgehead atoms. The number of aryl methyl sites for hydroxylation is 1. The molecule has 1 aromatic carbocycles. The summed E-state index contributed by atoms with van der Waals surface area (Å²) in [5.74, 6) is -0.131. The zero-order chi connectivity index (χ0) is 15.9. The van der Waals surface area contributed by atoms with E-state index in [1.807, 2.05) is 18.2 Å². The first-order valence-electron chi connectivity index (χ1n) is 8.72. The molecule has 4 rings (SSSR count). The van der Waals surface area contributed by atoms with Crippen molar-refractivity contribution in [3.63, 3.8) is 0 Å². The Labute approximate surface area is 136 Å². The van der Waals surface area contributed by atoms with Gasteiger partial charge in [0.1, 0.15) is 5.78 Å². The Hall–Kier alpha value is -1.23. The third kappa shape index (κ3) is 2.63. The molecule has 1 N–H and O–H groups in total. The summed E-state index contributed by atoms with van der Waals surface area (Å²) in [6.45, 7) is 1.27.